The van der Waals surface area contributed by atoms with Crippen LogP contribution < -0.4 is 0 Å². The van der Waals surface area contributed by atoms with Crippen LogP contribution in [0.15, 0.2) is 218 Å². The van der Waals surface area contributed by atoms with Crippen LogP contribution in [0, 0.1) is 0 Å². The minimum Gasteiger partial charge on any atom is -0.309 e. The molecule has 0 amide bonds. The summed E-state index contributed by atoms with van der Waals surface area (Å²) in [7, 11) is 0. The molecule has 2 aromatic heterocycles. The van der Waals surface area contributed by atoms with Crippen LogP contribution in [0.3, 0.4) is 0 Å². The van der Waals surface area contributed by atoms with Gasteiger partial charge < -0.3 is 9.13 Å². The quantitative estimate of drug-likeness (QED) is 0.157. The van der Waals surface area contributed by atoms with E-state index in [0.717, 1.165) is 0 Å². The first-order valence-electron chi connectivity index (χ1n) is 21.5. The van der Waals surface area contributed by atoms with Crippen molar-refractivity contribution in [2.24, 2.45) is 0 Å². The molecule has 0 unspecified atom stereocenters. The van der Waals surface area contributed by atoms with Crippen LogP contribution in [0.2, 0.25) is 0 Å². The van der Waals surface area contributed by atoms with Gasteiger partial charge in [-0.05, 0) is 138 Å². The topological polar surface area (TPSA) is 9.86 Å². The summed E-state index contributed by atoms with van der Waals surface area (Å²) in [6, 6.07) is 81.0. The summed E-state index contributed by atoms with van der Waals surface area (Å²) in [5, 5.41) is 12.7. The summed E-state index contributed by atoms with van der Waals surface area (Å²) < 4.78 is 4.85. The first-order chi connectivity index (χ1) is 30.7. The molecule has 2 heteroatoms. The van der Waals surface area contributed by atoms with E-state index >= 15 is 0 Å². The lowest BCUT2D eigenvalue weighted by atomic mass is 9.94. The van der Waals surface area contributed by atoms with Crippen LogP contribution in [0.4, 0.5) is 0 Å². The molecule has 0 fully saturated rings. The van der Waals surface area contributed by atoms with Crippen LogP contribution >= 0.6 is 0 Å². The number of nitrogens with zero attached hydrogens (tertiary/aromatic N) is 2. The molecule has 62 heavy (non-hydrogen) atoms. The van der Waals surface area contributed by atoms with Gasteiger partial charge in [0.25, 0.3) is 0 Å². The molecule has 13 aromatic rings. The normalized spacial score (nSPS) is 12.2. The van der Waals surface area contributed by atoms with Crippen LogP contribution in [0.25, 0.3) is 132 Å². The van der Waals surface area contributed by atoms with Crippen LogP contribution in [0.1, 0.15) is 0 Å². The Hall–Kier alpha value is -8.20. The molecule has 0 spiro atoms. The second-order valence-corrected chi connectivity index (χ2v) is 16.8. The first-order valence-corrected chi connectivity index (χ1v) is 21.5. The van der Waals surface area contributed by atoms with E-state index in [1.165, 1.54) is 132 Å². The summed E-state index contributed by atoms with van der Waals surface area (Å²) in [6.07, 6.45) is 0. The molecule has 0 atom stereocenters. The lowest BCUT2D eigenvalue weighted by molar-refractivity contribution is 1.18. The summed E-state index contributed by atoms with van der Waals surface area (Å²) in [6.45, 7) is 0. The SMILES string of the molecule is c1ccc(-n2c3ccccc3c3cc(-c4ccc5c(ccc6cc(-c7ccc8c(c7)c7ccccc7n8-c7ccc8c9c(cccc79)-c7ccccc7-8)ccc65)c4)ccc32)cc1. The highest BCUT2D eigenvalue weighted by Gasteiger charge is 2.24. The van der Waals surface area contributed by atoms with Gasteiger partial charge in [0, 0.05) is 32.6 Å². The van der Waals surface area contributed by atoms with Gasteiger partial charge in [0.1, 0.15) is 0 Å². The summed E-state index contributed by atoms with van der Waals surface area (Å²) in [5.41, 5.74) is 17.5. The highest BCUT2D eigenvalue weighted by molar-refractivity contribution is 6.19. The van der Waals surface area contributed by atoms with Crippen molar-refractivity contribution >= 4 is 75.9 Å². The predicted molar refractivity (Wildman–Crippen MR) is 263 cm³/mol. The average Bonchev–Trinajstić information content (AvgIpc) is 3.97. The largest absolute Gasteiger partial charge is 0.309 e. The highest BCUT2D eigenvalue weighted by atomic mass is 15.0. The zero-order valence-electron chi connectivity index (χ0n) is 33.7. The van der Waals surface area contributed by atoms with Crippen molar-refractivity contribution in [3.05, 3.63) is 218 Å². The second-order valence-electron chi connectivity index (χ2n) is 16.8. The fourth-order valence-electron chi connectivity index (χ4n) is 10.8. The fraction of sp³-hybridized carbons (Fsp3) is 0. The second kappa shape index (κ2) is 12.7. The maximum Gasteiger partial charge on any atom is 0.0541 e. The average molecular weight is 785 g/mol. The Balaban J connectivity index is 0.852. The summed E-state index contributed by atoms with van der Waals surface area (Å²) in [5.74, 6) is 0. The number of fused-ring (bicyclic) bond motifs is 12. The zero-order chi connectivity index (χ0) is 40.5. The van der Waals surface area contributed by atoms with E-state index in [4.69, 9.17) is 0 Å². The molecule has 0 aliphatic heterocycles. The van der Waals surface area contributed by atoms with E-state index in [2.05, 4.69) is 228 Å². The van der Waals surface area contributed by atoms with Crippen molar-refractivity contribution in [2.45, 2.75) is 0 Å². The Bertz CT molecular complexity index is 4000. The van der Waals surface area contributed by atoms with Crippen molar-refractivity contribution in [3.8, 4) is 55.9 Å². The van der Waals surface area contributed by atoms with E-state index in [-0.39, 0.29) is 0 Å². The van der Waals surface area contributed by atoms with Crippen LogP contribution in [-0.2, 0) is 0 Å². The molecule has 2 nitrogen and oxygen atoms in total. The molecule has 14 rings (SSSR count). The van der Waals surface area contributed by atoms with Gasteiger partial charge in [-0.1, -0.05) is 152 Å². The van der Waals surface area contributed by atoms with Gasteiger partial charge in [0.05, 0.1) is 27.8 Å². The van der Waals surface area contributed by atoms with E-state index in [1.807, 2.05) is 0 Å². The minimum absolute atomic E-state index is 1.18. The van der Waals surface area contributed by atoms with Gasteiger partial charge in [-0.3, -0.25) is 0 Å². The maximum absolute atomic E-state index is 2.47. The number of aromatic nitrogens is 2. The van der Waals surface area contributed by atoms with Crippen LogP contribution in [0.5, 0.6) is 0 Å². The molecule has 0 N–H and O–H groups in total. The Labute approximate surface area is 357 Å². The third kappa shape index (κ3) is 4.69. The van der Waals surface area contributed by atoms with E-state index in [1.54, 1.807) is 0 Å². The predicted octanol–water partition coefficient (Wildman–Crippen LogP) is 16.3. The Kier molecular flexibility index (Phi) is 6.86. The van der Waals surface area contributed by atoms with Gasteiger partial charge in [0.15, 0.2) is 0 Å². The zero-order valence-corrected chi connectivity index (χ0v) is 33.7. The molecule has 11 aromatic carbocycles. The molecule has 1 aliphatic rings. The Morgan fingerprint density at radius 3 is 1.35 bits per heavy atom. The molecular formula is C60H36N2. The lowest BCUT2D eigenvalue weighted by Crippen LogP contribution is -1.95. The van der Waals surface area contributed by atoms with Gasteiger partial charge in [-0.15, -0.1) is 0 Å². The molecule has 0 bridgehead atoms. The molecule has 286 valence electrons. The number of hydrogen-bond acceptors (Lipinski definition) is 0. The van der Waals surface area contributed by atoms with E-state index in [9.17, 15) is 0 Å². The molecule has 0 saturated carbocycles. The van der Waals surface area contributed by atoms with Crippen LogP contribution in [-0.4, -0.2) is 9.13 Å². The highest BCUT2D eigenvalue weighted by Crippen LogP contribution is 2.49. The van der Waals surface area contributed by atoms with Crippen molar-refractivity contribution in [1.82, 2.24) is 9.13 Å². The fourth-order valence-corrected chi connectivity index (χ4v) is 10.8. The smallest absolute Gasteiger partial charge is 0.0541 e. The Morgan fingerprint density at radius 1 is 0.242 bits per heavy atom. The van der Waals surface area contributed by atoms with Gasteiger partial charge in [-0.25, -0.2) is 0 Å². The first kappa shape index (κ1) is 33.6. The molecular weight excluding hydrogens is 749 g/mol. The third-order valence-corrected chi connectivity index (χ3v) is 13.6. The molecule has 2 heterocycles. The van der Waals surface area contributed by atoms with Gasteiger partial charge in [-0.2, -0.15) is 0 Å². The number of benzene rings is 11. The van der Waals surface area contributed by atoms with Crippen molar-refractivity contribution < 1.29 is 0 Å². The number of rotatable bonds is 4. The van der Waals surface area contributed by atoms with E-state index < -0.39 is 0 Å². The molecule has 0 radical (unpaired) electrons. The molecule has 1 aliphatic carbocycles. The lowest BCUT2D eigenvalue weighted by Gasteiger charge is -2.13. The maximum atomic E-state index is 2.47. The van der Waals surface area contributed by atoms with Crippen molar-refractivity contribution in [3.63, 3.8) is 0 Å². The monoisotopic (exact) mass is 784 g/mol. The number of hydrogen-bond donors (Lipinski definition) is 0. The minimum atomic E-state index is 1.18. The van der Waals surface area contributed by atoms with Crippen molar-refractivity contribution in [1.29, 1.82) is 0 Å². The van der Waals surface area contributed by atoms with E-state index in [0.29, 0.717) is 0 Å². The van der Waals surface area contributed by atoms with Crippen molar-refractivity contribution in [2.75, 3.05) is 0 Å². The van der Waals surface area contributed by atoms with Gasteiger partial charge >= 0.3 is 0 Å². The van der Waals surface area contributed by atoms with Gasteiger partial charge in [0.2, 0.25) is 0 Å². The number of para-hydroxylation sites is 3. The summed E-state index contributed by atoms with van der Waals surface area (Å²) in [4.78, 5) is 0. The standard InChI is InChI=1S/C60H36N2/c1-2-11-43(12-3-1)61-55-19-8-6-15-48(55)53-35-39(25-30-58(53)61)37-23-27-44-41(33-37)21-22-42-34-38(24-28-45(42)44)40-26-31-59-54(36-40)49-16-7-9-20-56(49)62(59)57-32-29-51-47-14-5-4-13-46(47)50-17-10-18-52(57)60(50)51/h1-36H. The summed E-state index contributed by atoms with van der Waals surface area (Å²) >= 11 is 0. The third-order valence-electron chi connectivity index (χ3n) is 13.6. The Morgan fingerprint density at radius 2 is 0.710 bits per heavy atom. The molecule has 0 saturated heterocycles.